The van der Waals surface area contributed by atoms with Crippen LogP contribution in [0.1, 0.15) is 32.1 Å². The molecule has 3 nitrogen and oxygen atoms in total. The standard InChI is InChI=1S/C19H29N3S.HI/c1-20-19(21-12-5-6-16-9-10-16)22-13-11-17(14-22)15-23-18-7-3-2-4-8-18;/h2-4,7-8,16-17H,5-6,9-15H2,1H3,(H,20,21);1H. The summed E-state index contributed by atoms with van der Waals surface area (Å²) in [7, 11) is 1.91. The molecule has 0 bridgehead atoms. The fraction of sp³-hybridized carbons (Fsp3) is 0.632. The van der Waals surface area contributed by atoms with E-state index in [1.54, 1.807) is 0 Å². The number of hydrogen-bond donors (Lipinski definition) is 1. The molecule has 24 heavy (non-hydrogen) atoms. The number of rotatable bonds is 7. The molecule has 1 aromatic carbocycles. The molecule has 0 spiro atoms. The Hall–Kier alpha value is -0.430. The van der Waals surface area contributed by atoms with Gasteiger partial charge in [-0.15, -0.1) is 35.7 Å². The van der Waals surface area contributed by atoms with Crippen molar-refractivity contribution in [2.75, 3.05) is 32.4 Å². The molecule has 134 valence electrons. The number of benzene rings is 1. The van der Waals surface area contributed by atoms with Crippen LogP contribution in [-0.2, 0) is 0 Å². The van der Waals surface area contributed by atoms with Gasteiger partial charge in [0, 0.05) is 37.3 Å². The molecule has 1 atom stereocenters. The minimum atomic E-state index is 0. The maximum atomic E-state index is 4.48. The van der Waals surface area contributed by atoms with E-state index in [0.29, 0.717) is 0 Å². The Morgan fingerprint density at radius 2 is 2.00 bits per heavy atom. The third-order valence-electron chi connectivity index (χ3n) is 4.80. The number of nitrogens with zero attached hydrogens (tertiary/aromatic N) is 2. The maximum absolute atomic E-state index is 4.48. The monoisotopic (exact) mass is 459 g/mol. The Morgan fingerprint density at radius 1 is 1.21 bits per heavy atom. The van der Waals surface area contributed by atoms with Gasteiger partial charge in [0.05, 0.1) is 0 Å². The molecule has 3 rings (SSSR count). The molecule has 2 aliphatic rings. The Labute approximate surface area is 168 Å². The lowest BCUT2D eigenvalue weighted by molar-refractivity contribution is 0.471. The quantitative estimate of drug-likeness (QED) is 0.214. The van der Waals surface area contributed by atoms with Gasteiger partial charge < -0.3 is 10.2 Å². The van der Waals surface area contributed by atoms with Crippen LogP contribution in [0, 0.1) is 11.8 Å². The molecule has 1 saturated heterocycles. The summed E-state index contributed by atoms with van der Waals surface area (Å²) in [4.78, 5) is 8.30. The van der Waals surface area contributed by atoms with E-state index in [2.05, 4.69) is 45.5 Å². The van der Waals surface area contributed by atoms with E-state index in [1.165, 1.54) is 42.8 Å². The van der Waals surface area contributed by atoms with Crippen molar-refractivity contribution in [2.45, 2.75) is 37.0 Å². The van der Waals surface area contributed by atoms with Crippen LogP contribution >= 0.6 is 35.7 Å². The zero-order valence-electron chi connectivity index (χ0n) is 14.6. The van der Waals surface area contributed by atoms with Crippen LogP contribution in [0.3, 0.4) is 0 Å². The van der Waals surface area contributed by atoms with Crippen molar-refractivity contribution >= 4 is 41.7 Å². The molecule has 1 aliphatic carbocycles. The van der Waals surface area contributed by atoms with Gasteiger partial charge in [-0.3, -0.25) is 4.99 Å². The lowest BCUT2D eigenvalue weighted by atomic mass is 10.2. The number of aliphatic imine (C=N–C) groups is 1. The molecule has 1 heterocycles. The van der Waals surface area contributed by atoms with Crippen LogP contribution in [-0.4, -0.2) is 43.3 Å². The summed E-state index contributed by atoms with van der Waals surface area (Å²) in [5.74, 6) is 4.11. The number of hydrogen-bond acceptors (Lipinski definition) is 2. The zero-order valence-corrected chi connectivity index (χ0v) is 17.8. The van der Waals surface area contributed by atoms with Gasteiger partial charge in [0.2, 0.25) is 0 Å². The van der Waals surface area contributed by atoms with Gasteiger partial charge in [0.25, 0.3) is 0 Å². The fourth-order valence-corrected chi connectivity index (χ4v) is 4.27. The number of likely N-dealkylation sites (tertiary alicyclic amines) is 1. The predicted molar refractivity (Wildman–Crippen MR) is 116 cm³/mol. The van der Waals surface area contributed by atoms with Crippen molar-refractivity contribution in [3.8, 4) is 0 Å². The van der Waals surface area contributed by atoms with E-state index >= 15 is 0 Å². The lowest BCUT2D eigenvalue weighted by Crippen LogP contribution is -2.40. The van der Waals surface area contributed by atoms with E-state index in [1.807, 2.05) is 18.8 Å². The minimum Gasteiger partial charge on any atom is -0.356 e. The molecule has 1 N–H and O–H groups in total. The highest BCUT2D eigenvalue weighted by Crippen LogP contribution is 2.33. The van der Waals surface area contributed by atoms with Crippen molar-refractivity contribution in [2.24, 2.45) is 16.8 Å². The summed E-state index contributed by atoms with van der Waals surface area (Å²) in [5, 5.41) is 3.56. The Balaban J connectivity index is 0.00000208. The predicted octanol–water partition coefficient (Wildman–Crippen LogP) is 4.48. The van der Waals surface area contributed by atoms with Crippen molar-refractivity contribution in [1.29, 1.82) is 0 Å². The van der Waals surface area contributed by atoms with Gasteiger partial charge in [-0.05, 0) is 43.2 Å². The summed E-state index contributed by atoms with van der Waals surface area (Å²) in [6.07, 6.45) is 6.87. The Kier molecular flexibility index (Phi) is 8.73. The van der Waals surface area contributed by atoms with Crippen LogP contribution in [0.4, 0.5) is 0 Å². The summed E-state index contributed by atoms with van der Waals surface area (Å²) >= 11 is 1.98. The first-order chi connectivity index (χ1) is 11.3. The first kappa shape index (κ1) is 19.9. The summed E-state index contributed by atoms with van der Waals surface area (Å²) in [6.45, 7) is 3.35. The van der Waals surface area contributed by atoms with Crippen LogP contribution in [0.15, 0.2) is 40.2 Å². The average Bonchev–Trinajstić information content (AvgIpc) is 3.30. The molecular formula is C19H30IN3S. The van der Waals surface area contributed by atoms with Gasteiger partial charge in [-0.25, -0.2) is 0 Å². The zero-order chi connectivity index (χ0) is 15.9. The highest BCUT2D eigenvalue weighted by Gasteiger charge is 2.25. The number of guanidine groups is 1. The van der Waals surface area contributed by atoms with E-state index in [4.69, 9.17) is 0 Å². The largest absolute Gasteiger partial charge is 0.356 e. The van der Waals surface area contributed by atoms with Gasteiger partial charge >= 0.3 is 0 Å². The lowest BCUT2D eigenvalue weighted by Gasteiger charge is -2.21. The second-order valence-corrected chi connectivity index (χ2v) is 7.88. The Bertz CT molecular complexity index is 505. The summed E-state index contributed by atoms with van der Waals surface area (Å²) in [6, 6.07) is 10.7. The smallest absolute Gasteiger partial charge is 0.193 e. The topological polar surface area (TPSA) is 27.6 Å². The molecule has 1 saturated carbocycles. The summed E-state index contributed by atoms with van der Waals surface area (Å²) < 4.78 is 0. The van der Waals surface area contributed by atoms with Crippen molar-refractivity contribution in [3.63, 3.8) is 0 Å². The van der Waals surface area contributed by atoms with Gasteiger partial charge in [0.1, 0.15) is 0 Å². The molecule has 0 radical (unpaired) electrons. The molecule has 2 fully saturated rings. The van der Waals surface area contributed by atoms with Crippen LogP contribution < -0.4 is 5.32 Å². The first-order valence-electron chi connectivity index (χ1n) is 8.98. The number of nitrogens with one attached hydrogen (secondary N) is 1. The highest BCUT2D eigenvalue weighted by molar-refractivity contribution is 14.0. The van der Waals surface area contributed by atoms with Crippen molar-refractivity contribution in [3.05, 3.63) is 30.3 Å². The van der Waals surface area contributed by atoms with Gasteiger partial charge in [-0.2, -0.15) is 0 Å². The SMILES string of the molecule is CN=C(NCCCC1CC1)N1CCC(CSc2ccccc2)C1.I. The van der Waals surface area contributed by atoms with Crippen molar-refractivity contribution in [1.82, 2.24) is 10.2 Å². The maximum Gasteiger partial charge on any atom is 0.193 e. The fourth-order valence-electron chi connectivity index (χ4n) is 3.22. The number of thioether (sulfide) groups is 1. The van der Waals surface area contributed by atoms with E-state index in [-0.39, 0.29) is 24.0 Å². The minimum absolute atomic E-state index is 0. The van der Waals surface area contributed by atoms with Gasteiger partial charge in [0.15, 0.2) is 5.96 Å². The molecule has 0 amide bonds. The highest BCUT2D eigenvalue weighted by atomic mass is 127. The molecule has 1 aromatic rings. The van der Waals surface area contributed by atoms with E-state index < -0.39 is 0 Å². The van der Waals surface area contributed by atoms with E-state index in [0.717, 1.165) is 37.4 Å². The van der Waals surface area contributed by atoms with Crippen molar-refractivity contribution < 1.29 is 0 Å². The average molecular weight is 459 g/mol. The third-order valence-corrected chi connectivity index (χ3v) is 6.04. The van der Waals surface area contributed by atoms with Crippen LogP contribution in [0.5, 0.6) is 0 Å². The molecule has 0 aromatic heterocycles. The molecular weight excluding hydrogens is 429 g/mol. The van der Waals surface area contributed by atoms with E-state index in [9.17, 15) is 0 Å². The van der Waals surface area contributed by atoms with Gasteiger partial charge in [-0.1, -0.05) is 31.0 Å². The molecule has 5 heteroatoms. The van der Waals surface area contributed by atoms with Crippen LogP contribution in [0.25, 0.3) is 0 Å². The summed E-state index contributed by atoms with van der Waals surface area (Å²) in [5.41, 5.74) is 0. The number of halogens is 1. The second-order valence-electron chi connectivity index (χ2n) is 6.78. The van der Waals surface area contributed by atoms with Crippen LogP contribution in [0.2, 0.25) is 0 Å². The second kappa shape index (κ2) is 10.5. The molecule has 1 aliphatic heterocycles. The third kappa shape index (κ3) is 6.47. The Morgan fingerprint density at radius 3 is 2.71 bits per heavy atom. The normalized spacial score (nSPS) is 20.8. The molecule has 1 unspecified atom stereocenters. The first-order valence-corrected chi connectivity index (χ1v) is 9.97.